The average Bonchev–Trinajstić information content (AvgIpc) is 3.23. The van der Waals surface area contributed by atoms with Crippen molar-refractivity contribution in [1.29, 1.82) is 0 Å². The summed E-state index contributed by atoms with van der Waals surface area (Å²) >= 11 is 11.6. The van der Waals surface area contributed by atoms with Crippen LogP contribution in [-0.2, 0) is 6.61 Å². The summed E-state index contributed by atoms with van der Waals surface area (Å²) in [6.07, 6.45) is 4.72. The lowest BCUT2D eigenvalue weighted by Crippen LogP contribution is -2.02. The quantitative estimate of drug-likeness (QED) is 0.393. The fourth-order valence-corrected chi connectivity index (χ4v) is 3.06. The summed E-state index contributed by atoms with van der Waals surface area (Å²) in [7, 11) is 1.56. The summed E-state index contributed by atoms with van der Waals surface area (Å²) in [5.74, 6) is 1.21. The number of rotatable bonds is 6. The SMILES string of the molecule is COc1cc(OCc2ncc(Cl)cc2F)ccc1-c1cnc(-c2ccc(Cl)nc2)[nH]1. The Morgan fingerprint density at radius 2 is 1.87 bits per heavy atom. The Labute approximate surface area is 181 Å². The van der Waals surface area contributed by atoms with E-state index in [4.69, 9.17) is 32.7 Å². The number of halogens is 3. The van der Waals surface area contributed by atoms with Gasteiger partial charge in [-0.2, -0.15) is 0 Å². The maximum absolute atomic E-state index is 13.9. The third-order valence-electron chi connectivity index (χ3n) is 4.30. The van der Waals surface area contributed by atoms with E-state index in [1.165, 1.54) is 12.3 Å². The minimum Gasteiger partial charge on any atom is -0.496 e. The van der Waals surface area contributed by atoms with E-state index in [2.05, 4.69) is 19.9 Å². The zero-order chi connectivity index (χ0) is 21.1. The number of aromatic nitrogens is 4. The summed E-state index contributed by atoms with van der Waals surface area (Å²) in [6.45, 7) is -0.0384. The summed E-state index contributed by atoms with van der Waals surface area (Å²) in [6, 6.07) is 10.0. The second kappa shape index (κ2) is 8.69. The predicted octanol–water partition coefficient (Wildman–Crippen LogP) is 5.57. The van der Waals surface area contributed by atoms with Crippen LogP contribution in [0.1, 0.15) is 5.69 Å². The number of H-pyrrole nitrogens is 1. The number of ether oxygens (including phenoxy) is 2. The van der Waals surface area contributed by atoms with E-state index in [1.807, 2.05) is 12.1 Å². The molecule has 6 nitrogen and oxygen atoms in total. The van der Waals surface area contributed by atoms with Crippen LogP contribution in [0.3, 0.4) is 0 Å². The highest BCUT2D eigenvalue weighted by Crippen LogP contribution is 2.33. The molecule has 152 valence electrons. The molecule has 0 amide bonds. The van der Waals surface area contributed by atoms with E-state index in [0.29, 0.717) is 22.5 Å². The highest BCUT2D eigenvalue weighted by molar-refractivity contribution is 6.30. The number of hydrogen-bond acceptors (Lipinski definition) is 5. The molecule has 0 spiro atoms. The maximum atomic E-state index is 13.9. The highest BCUT2D eigenvalue weighted by Gasteiger charge is 2.13. The molecule has 0 saturated heterocycles. The standard InChI is InChI=1S/C21H15Cl2FN4O2/c1-29-19-7-14(30-11-18-16(24)6-13(22)9-25-18)3-4-15(19)17-10-27-21(28-17)12-2-5-20(23)26-8-12/h2-10H,11H2,1H3,(H,27,28). The van der Waals surface area contributed by atoms with Gasteiger partial charge >= 0.3 is 0 Å². The zero-order valence-electron chi connectivity index (χ0n) is 15.7. The molecule has 1 N–H and O–H groups in total. The molecule has 0 saturated carbocycles. The van der Waals surface area contributed by atoms with Crippen molar-refractivity contribution in [2.45, 2.75) is 6.61 Å². The van der Waals surface area contributed by atoms with Gasteiger partial charge in [-0.3, -0.25) is 4.98 Å². The first-order chi connectivity index (χ1) is 14.5. The van der Waals surface area contributed by atoms with Gasteiger partial charge in [0.15, 0.2) is 0 Å². The van der Waals surface area contributed by atoms with Gasteiger partial charge in [0.25, 0.3) is 0 Å². The molecule has 9 heteroatoms. The summed E-state index contributed by atoms with van der Waals surface area (Å²) in [5, 5.41) is 0.645. The van der Waals surface area contributed by atoms with E-state index >= 15 is 0 Å². The Morgan fingerprint density at radius 3 is 2.60 bits per heavy atom. The molecule has 0 bridgehead atoms. The monoisotopic (exact) mass is 444 g/mol. The normalized spacial score (nSPS) is 10.8. The van der Waals surface area contributed by atoms with E-state index in [1.54, 1.807) is 37.7 Å². The number of nitrogens with zero attached hydrogens (tertiary/aromatic N) is 3. The Balaban J connectivity index is 1.54. The maximum Gasteiger partial charge on any atom is 0.149 e. The lowest BCUT2D eigenvalue weighted by atomic mass is 10.1. The number of methoxy groups -OCH3 is 1. The second-order valence-corrected chi connectivity index (χ2v) is 7.07. The predicted molar refractivity (Wildman–Crippen MR) is 112 cm³/mol. The van der Waals surface area contributed by atoms with Crippen LogP contribution in [0.15, 0.2) is 55.0 Å². The van der Waals surface area contributed by atoms with E-state index in [9.17, 15) is 4.39 Å². The van der Waals surface area contributed by atoms with Crippen LogP contribution in [0.2, 0.25) is 10.2 Å². The number of pyridine rings is 2. The van der Waals surface area contributed by atoms with E-state index in [0.717, 1.165) is 16.8 Å². The molecular formula is C21H15Cl2FN4O2. The van der Waals surface area contributed by atoms with Gasteiger partial charge < -0.3 is 14.5 Å². The first-order valence-electron chi connectivity index (χ1n) is 8.81. The third kappa shape index (κ3) is 4.37. The molecule has 0 aliphatic carbocycles. The molecule has 0 fully saturated rings. The fourth-order valence-electron chi connectivity index (χ4n) is 2.81. The molecule has 1 aromatic carbocycles. The molecule has 3 aromatic heterocycles. The Hall–Kier alpha value is -3.16. The molecule has 0 aliphatic heterocycles. The molecule has 4 aromatic rings. The number of aromatic amines is 1. The van der Waals surface area contributed by atoms with Crippen molar-refractivity contribution in [3.05, 3.63) is 76.7 Å². The van der Waals surface area contributed by atoms with Crippen molar-refractivity contribution < 1.29 is 13.9 Å². The highest BCUT2D eigenvalue weighted by atomic mass is 35.5. The van der Waals surface area contributed by atoms with Crippen molar-refractivity contribution in [1.82, 2.24) is 19.9 Å². The minimum absolute atomic E-state index is 0.0384. The number of nitrogens with one attached hydrogen (secondary N) is 1. The third-order valence-corrected chi connectivity index (χ3v) is 4.73. The molecule has 4 rings (SSSR count). The van der Waals surface area contributed by atoms with Crippen LogP contribution in [0.4, 0.5) is 4.39 Å². The lowest BCUT2D eigenvalue weighted by Gasteiger charge is -2.11. The van der Waals surface area contributed by atoms with Crippen LogP contribution >= 0.6 is 23.2 Å². The lowest BCUT2D eigenvalue weighted by molar-refractivity contribution is 0.292. The Bertz CT molecular complexity index is 1180. The van der Waals surface area contributed by atoms with Crippen LogP contribution in [0.25, 0.3) is 22.6 Å². The number of imidazole rings is 1. The average molecular weight is 445 g/mol. The van der Waals surface area contributed by atoms with Crippen molar-refractivity contribution in [2.75, 3.05) is 7.11 Å². The molecule has 0 atom stereocenters. The first-order valence-corrected chi connectivity index (χ1v) is 9.57. The van der Waals surface area contributed by atoms with Crippen LogP contribution in [-0.4, -0.2) is 27.0 Å². The van der Waals surface area contributed by atoms with Crippen molar-refractivity contribution in [3.63, 3.8) is 0 Å². The van der Waals surface area contributed by atoms with Crippen molar-refractivity contribution in [3.8, 4) is 34.1 Å². The van der Waals surface area contributed by atoms with Gasteiger partial charge in [0, 0.05) is 29.6 Å². The van der Waals surface area contributed by atoms with Gasteiger partial charge in [0.2, 0.25) is 0 Å². The van der Waals surface area contributed by atoms with E-state index in [-0.39, 0.29) is 17.3 Å². The van der Waals surface area contributed by atoms with Crippen LogP contribution in [0.5, 0.6) is 11.5 Å². The summed E-state index contributed by atoms with van der Waals surface area (Å²) < 4.78 is 25.0. The fraction of sp³-hybridized carbons (Fsp3) is 0.0952. The van der Waals surface area contributed by atoms with Gasteiger partial charge in [-0.05, 0) is 30.3 Å². The molecule has 30 heavy (non-hydrogen) atoms. The largest absolute Gasteiger partial charge is 0.496 e. The van der Waals surface area contributed by atoms with Crippen LogP contribution < -0.4 is 9.47 Å². The molecule has 0 radical (unpaired) electrons. The van der Waals surface area contributed by atoms with Crippen molar-refractivity contribution >= 4 is 23.2 Å². The van der Waals surface area contributed by atoms with Crippen LogP contribution in [0, 0.1) is 5.82 Å². The zero-order valence-corrected chi connectivity index (χ0v) is 17.2. The first kappa shape index (κ1) is 20.1. The topological polar surface area (TPSA) is 72.9 Å². The Morgan fingerprint density at radius 1 is 1.00 bits per heavy atom. The molecular weight excluding hydrogens is 430 g/mol. The van der Waals surface area contributed by atoms with Gasteiger partial charge in [-0.25, -0.2) is 14.4 Å². The second-order valence-electron chi connectivity index (χ2n) is 6.25. The molecule has 0 aliphatic rings. The number of benzene rings is 1. The minimum atomic E-state index is -0.521. The van der Waals surface area contributed by atoms with E-state index < -0.39 is 5.82 Å². The smallest absolute Gasteiger partial charge is 0.149 e. The van der Waals surface area contributed by atoms with Gasteiger partial charge in [-0.15, -0.1) is 0 Å². The van der Waals surface area contributed by atoms with Gasteiger partial charge in [0.05, 0.1) is 24.0 Å². The number of hydrogen-bond donors (Lipinski definition) is 1. The van der Waals surface area contributed by atoms with Gasteiger partial charge in [0.1, 0.15) is 40.6 Å². The van der Waals surface area contributed by atoms with Gasteiger partial charge in [-0.1, -0.05) is 23.2 Å². The molecule has 3 heterocycles. The molecule has 0 unspecified atom stereocenters. The summed E-state index contributed by atoms with van der Waals surface area (Å²) in [4.78, 5) is 15.7. The Kier molecular flexibility index (Phi) is 5.83. The summed E-state index contributed by atoms with van der Waals surface area (Å²) in [5.41, 5.74) is 2.52. The van der Waals surface area contributed by atoms with Crippen molar-refractivity contribution in [2.24, 2.45) is 0 Å².